The molecule has 0 aromatic carbocycles. The normalized spacial score (nSPS) is 19.2. The summed E-state index contributed by atoms with van der Waals surface area (Å²) in [6, 6.07) is 0.0957. The van der Waals surface area contributed by atoms with Crippen LogP contribution in [-0.4, -0.2) is 34.6 Å². The van der Waals surface area contributed by atoms with Gasteiger partial charge < -0.3 is 4.52 Å². The van der Waals surface area contributed by atoms with Crippen LogP contribution in [0.5, 0.6) is 0 Å². The van der Waals surface area contributed by atoms with E-state index in [1.54, 1.807) is 6.92 Å². The van der Waals surface area contributed by atoms with Crippen LogP contribution in [0.15, 0.2) is 16.8 Å². The van der Waals surface area contributed by atoms with Crippen molar-refractivity contribution in [1.82, 2.24) is 19.9 Å². The Labute approximate surface area is 142 Å². The highest BCUT2D eigenvalue weighted by atomic mass is 32.2. The van der Waals surface area contributed by atoms with E-state index in [0.29, 0.717) is 12.8 Å². The number of nitrogens with zero attached hydrogens (tertiary/aromatic N) is 4. The first-order valence-corrected chi connectivity index (χ1v) is 9.60. The van der Waals surface area contributed by atoms with Gasteiger partial charge in [-0.05, 0) is 25.8 Å². The van der Waals surface area contributed by atoms with Crippen LogP contribution in [0.1, 0.15) is 56.1 Å². The van der Waals surface area contributed by atoms with E-state index < -0.39 is 32.5 Å². The second kappa shape index (κ2) is 5.82. The molecule has 7 nitrogen and oxygen atoms in total. The fourth-order valence-corrected chi connectivity index (χ4v) is 4.56. The molecule has 1 aliphatic rings. The van der Waals surface area contributed by atoms with Gasteiger partial charge in [-0.1, -0.05) is 18.0 Å². The Morgan fingerprint density at radius 1 is 1.32 bits per heavy atom. The molecule has 0 N–H and O–H groups in total. The third-order valence-corrected chi connectivity index (χ3v) is 6.63. The Bertz CT molecular complexity index is 866. The summed E-state index contributed by atoms with van der Waals surface area (Å²) >= 11 is 0. The molecule has 25 heavy (non-hydrogen) atoms. The number of hydrogen-bond acceptors (Lipinski definition) is 6. The van der Waals surface area contributed by atoms with Gasteiger partial charge in [-0.15, -0.1) is 0 Å². The number of sulfone groups is 1. The van der Waals surface area contributed by atoms with E-state index in [9.17, 15) is 21.6 Å². The number of hydrogen-bond donors (Lipinski definition) is 0. The van der Waals surface area contributed by atoms with Gasteiger partial charge in [-0.25, -0.2) is 8.42 Å². The van der Waals surface area contributed by atoms with Gasteiger partial charge in [0.2, 0.25) is 0 Å². The van der Waals surface area contributed by atoms with Gasteiger partial charge in [-0.2, -0.15) is 23.3 Å². The fourth-order valence-electron chi connectivity index (χ4n) is 3.11. The van der Waals surface area contributed by atoms with Crippen molar-refractivity contribution in [2.75, 3.05) is 6.26 Å². The average molecular weight is 378 g/mol. The molecule has 1 unspecified atom stereocenters. The molecule has 0 radical (unpaired) electrons. The van der Waals surface area contributed by atoms with Crippen molar-refractivity contribution in [3.05, 3.63) is 29.7 Å². The lowest BCUT2D eigenvalue weighted by Crippen LogP contribution is -2.33. The molecule has 1 aliphatic carbocycles. The minimum Gasteiger partial charge on any atom is -0.337 e. The average Bonchev–Trinajstić information content (AvgIpc) is 3.23. The Hall–Kier alpha value is -1.91. The highest BCUT2D eigenvalue weighted by molar-refractivity contribution is 7.91. The molecule has 0 amide bonds. The molecule has 2 heterocycles. The highest BCUT2D eigenvalue weighted by Gasteiger charge is 2.49. The first-order valence-electron chi connectivity index (χ1n) is 7.71. The predicted octanol–water partition coefficient (Wildman–Crippen LogP) is 2.71. The molecule has 3 rings (SSSR count). The van der Waals surface area contributed by atoms with E-state index >= 15 is 0 Å². The first kappa shape index (κ1) is 17.9. The van der Waals surface area contributed by atoms with Crippen LogP contribution in [0, 0.1) is 0 Å². The van der Waals surface area contributed by atoms with Crippen LogP contribution >= 0.6 is 0 Å². The predicted molar refractivity (Wildman–Crippen MR) is 80.3 cm³/mol. The van der Waals surface area contributed by atoms with Gasteiger partial charge in [0, 0.05) is 12.5 Å². The van der Waals surface area contributed by atoms with E-state index in [1.807, 2.05) is 0 Å². The smallest absolute Gasteiger partial charge is 0.337 e. The first-order chi connectivity index (χ1) is 11.5. The zero-order valence-electron chi connectivity index (χ0n) is 13.6. The van der Waals surface area contributed by atoms with Crippen molar-refractivity contribution in [3.8, 4) is 0 Å². The SMILES string of the molecule is CC(c1nc(C2(S(C)(=O)=O)CCCC2)no1)n1ccc(C(F)(F)F)n1. The highest BCUT2D eigenvalue weighted by Crippen LogP contribution is 2.44. The maximum absolute atomic E-state index is 12.7. The summed E-state index contributed by atoms with van der Waals surface area (Å²) < 4.78 is 67.5. The van der Waals surface area contributed by atoms with E-state index in [-0.39, 0.29) is 11.7 Å². The molecule has 0 saturated heterocycles. The van der Waals surface area contributed by atoms with Crippen molar-refractivity contribution in [1.29, 1.82) is 0 Å². The molecule has 1 atom stereocenters. The minimum atomic E-state index is -4.55. The fraction of sp³-hybridized carbons (Fsp3) is 0.643. The van der Waals surface area contributed by atoms with Crippen LogP contribution in [0.25, 0.3) is 0 Å². The van der Waals surface area contributed by atoms with Gasteiger partial charge in [0.05, 0.1) is 0 Å². The molecule has 2 aromatic heterocycles. The summed E-state index contributed by atoms with van der Waals surface area (Å²) in [7, 11) is -3.47. The van der Waals surface area contributed by atoms with Crippen LogP contribution in [0.4, 0.5) is 13.2 Å². The van der Waals surface area contributed by atoms with E-state index in [1.165, 1.54) is 6.20 Å². The Balaban J connectivity index is 1.92. The molecular formula is C14H17F3N4O3S. The summed E-state index contributed by atoms with van der Waals surface area (Å²) in [5.41, 5.74) is -1.03. The van der Waals surface area contributed by atoms with Crippen molar-refractivity contribution in [2.45, 2.75) is 49.6 Å². The van der Waals surface area contributed by atoms with Crippen molar-refractivity contribution in [3.63, 3.8) is 0 Å². The van der Waals surface area contributed by atoms with E-state index in [2.05, 4.69) is 15.2 Å². The van der Waals surface area contributed by atoms with Gasteiger partial charge in [0.15, 0.2) is 21.4 Å². The quantitative estimate of drug-likeness (QED) is 0.812. The summed E-state index contributed by atoms with van der Waals surface area (Å²) in [5.74, 6) is 0.0827. The van der Waals surface area contributed by atoms with Crippen molar-refractivity contribution >= 4 is 9.84 Å². The monoisotopic (exact) mass is 378 g/mol. The van der Waals surface area contributed by atoms with E-state index in [0.717, 1.165) is 29.8 Å². The number of aromatic nitrogens is 4. The number of rotatable bonds is 4. The van der Waals surface area contributed by atoms with Crippen LogP contribution < -0.4 is 0 Å². The van der Waals surface area contributed by atoms with E-state index in [4.69, 9.17) is 4.52 Å². The molecule has 138 valence electrons. The third-order valence-electron chi connectivity index (χ3n) is 4.62. The van der Waals surface area contributed by atoms with Crippen LogP contribution in [0.3, 0.4) is 0 Å². The Kier molecular flexibility index (Phi) is 4.17. The topological polar surface area (TPSA) is 90.9 Å². The Morgan fingerprint density at radius 3 is 2.48 bits per heavy atom. The lowest BCUT2D eigenvalue weighted by Gasteiger charge is -2.22. The van der Waals surface area contributed by atoms with Crippen LogP contribution in [0.2, 0.25) is 0 Å². The van der Waals surface area contributed by atoms with Gasteiger partial charge in [0.1, 0.15) is 10.8 Å². The third kappa shape index (κ3) is 3.05. The molecule has 0 aliphatic heterocycles. The summed E-state index contributed by atoms with van der Waals surface area (Å²) in [6.45, 7) is 1.55. The van der Waals surface area contributed by atoms with Crippen molar-refractivity contribution in [2.24, 2.45) is 0 Å². The summed E-state index contributed by atoms with van der Waals surface area (Å²) in [5, 5.41) is 7.29. The lowest BCUT2D eigenvalue weighted by molar-refractivity contribution is -0.141. The van der Waals surface area contributed by atoms with Crippen LogP contribution in [-0.2, 0) is 20.8 Å². The number of halogens is 3. The molecule has 0 spiro atoms. The molecule has 0 bridgehead atoms. The van der Waals surface area contributed by atoms with Gasteiger partial charge >= 0.3 is 6.18 Å². The summed E-state index contributed by atoms with van der Waals surface area (Å²) in [6.07, 6.45) is 0.0366. The molecule has 11 heteroatoms. The maximum atomic E-state index is 12.7. The second-order valence-corrected chi connectivity index (χ2v) is 8.61. The van der Waals surface area contributed by atoms with Crippen molar-refractivity contribution < 1.29 is 26.1 Å². The lowest BCUT2D eigenvalue weighted by atomic mass is 10.1. The largest absolute Gasteiger partial charge is 0.435 e. The maximum Gasteiger partial charge on any atom is 0.435 e. The Morgan fingerprint density at radius 2 is 1.96 bits per heavy atom. The molecular weight excluding hydrogens is 361 g/mol. The zero-order chi connectivity index (χ0) is 18.5. The zero-order valence-corrected chi connectivity index (χ0v) is 14.4. The minimum absolute atomic E-state index is 0.0155. The molecule has 1 fully saturated rings. The number of alkyl halides is 3. The molecule has 1 saturated carbocycles. The second-order valence-electron chi connectivity index (χ2n) is 6.28. The van der Waals surface area contributed by atoms with Gasteiger partial charge in [-0.3, -0.25) is 4.68 Å². The summed E-state index contributed by atoms with van der Waals surface area (Å²) in [4.78, 5) is 4.18. The standard InChI is InChI=1S/C14H17F3N4O3S/c1-9(21-8-5-10(19-21)14(15,16)17)11-18-12(20-24-11)13(25(2,22)23)6-3-4-7-13/h5,8-9H,3-4,6-7H2,1-2H3. The molecule has 2 aromatic rings. The van der Waals surface area contributed by atoms with Gasteiger partial charge in [0.25, 0.3) is 5.89 Å².